The average Bonchev–Trinajstić information content (AvgIpc) is 3.95. The van der Waals surface area contributed by atoms with Gasteiger partial charge < -0.3 is 74.1 Å². The van der Waals surface area contributed by atoms with Crippen molar-refractivity contribution in [1.82, 2.24) is 36.1 Å². The van der Waals surface area contributed by atoms with Gasteiger partial charge in [0.15, 0.2) is 0 Å². The molecule has 0 aliphatic carbocycles. The zero-order valence-corrected chi connectivity index (χ0v) is 47.4. The number of amides is 6. The molecule has 0 saturated carbocycles. The zero-order valence-electron chi connectivity index (χ0n) is 46.6. The molecule has 430 valence electrons. The van der Waals surface area contributed by atoms with Crippen molar-refractivity contribution in [3.63, 3.8) is 0 Å². The predicted molar refractivity (Wildman–Crippen MR) is 285 cm³/mol. The fraction of sp³-hybridized carbons (Fsp3) is 0.717. The molecule has 5 N–H and O–H groups in total. The lowest BCUT2D eigenvalue weighted by molar-refractivity contribution is -0.144. The van der Waals surface area contributed by atoms with Crippen molar-refractivity contribution in [2.45, 2.75) is 131 Å². The maximum Gasteiger partial charge on any atom is 0.407 e. The van der Waals surface area contributed by atoms with Gasteiger partial charge in [0.1, 0.15) is 23.3 Å². The highest BCUT2D eigenvalue weighted by Gasteiger charge is 2.44. The van der Waals surface area contributed by atoms with E-state index in [4.69, 9.17) is 37.9 Å². The number of aliphatic hydroxyl groups is 1. The number of hydrogen-bond acceptors (Lipinski definition) is 17. The number of β-amino-alcohol motifs (C(OH)–C–C–N with tert-alkyl or cyclic N) is 1. The minimum absolute atomic E-state index is 0.0387. The minimum atomic E-state index is -1.01. The quantitative estimate of drug-likeness (QED) is 0.0609. The lowest BCUT2D eigenvalue weighted by Crippen LogP contribution is -2.57. The van der Waals surface area contributed by atoms with Crippen LogP contribution in [0.1, 0.15) is 99.3 Å². The molecule has 3 rings (SSSR count). The van der Waals surface area contributed by atoms with Crippen molar-refractivity contribution in [1.29, 1.82) is 0 Å². The first kappa shape index (κ1) is 65.3. The highest BCUT2D eigenvalue weighted by Crippen LogP contribution is 2.28. The molecule has 1 aromatic carbocycles. The maximum absolute atomic E-state index is 14.2. The number of carbonyl (C=O) groups excluding carboxylic acids is 6. The number of nitrogens with zero attached hydrogens (tertiary/aromatic N) is 3. The van der Waals surface area contributed by atoms with Gasteiger partial charge in [0.2, 0.25) is 23.6 Å². The van der Waals surface area contributed by atoms with Gasteiger partial charge in [0.25, 0.3) is 0 Å². The molecule has 1 aliphatic heterocycles. The van der Waals surface area contributed by atoms with E-state index in [1.165, 1.54) is 4.90 Å². The number of likely N-dealkylation sites (tertiary alicyclic amines) is 1. The molecule has 1 aliphatic rings. The van der Waals surface area contributed by atoms with E-state index >= 15 is 0 Å². The van der Waals surface area contributed by atoms with E-state index < -0.39 is 64.7 Å². The number of ether oxygens (including phenoxy) is 8. The molecule has 0 unspecified atom stereocenters. The molecule has 0 radical (unpaired) electrons. The summed E-state index contributed by atoms with van der Waals surface area (Å²) in [4.78, 5) is 86.6. The Bertz CT molecular complexity index is 2000. The SMILES string of the molecule is Cc1ncsc1-c1ccc(CNC(=O)[C@@H]2C[C@@H](O)CN2C(=O)[C@@H](NC(=O)CCCC(=O)N(CCOCCOCCOCCNC(=O)OC(C)(C)C)CCOCCOCCOCCNC(=O)OC(C)(C)C)C(C)(C)C)cc1. The highest BCUT2D eigenvalue weighted by atomic mass is 32.1. The Balaban J connectivity index is 1.44. The lowest BCUT2D eigenvalue weighted by atomic mass is 9.85. The number of nitrogens with one attached hydrogen (secondary N) is 4. The second-order valence-corrected chi connectivity index (χ2v) is 22.1. The van der Waals surface area contributed by atoms with Crippen molar-refractivity contribution >= 4 is 47.2 Å². The molecule has 3 atom stereocenters. The summed E-state index contributed by atoms with van der Waals surface area (Å²) in [5.41, 5.74) is 2.73. The van der Waals surface area contributed by atoms with Gasteiger partial charge in [0, 0.05) is 58.5 Å². The largest absolute Gasteiger partial charge is 0.444 e. The van der Waals surface area contributed by atoms with Crippen LogP contribution in [0.25, 0.3) is 10.4 Å². The van der Waals surface area contributed by atoms with E-state index in [0.717, 1.165) is 21.7 Å². The maximum atomic E-state index is 14.2. The van der Waals surface area contributed by atoms with Gasteiger partial charge >= 0.3 is 12.2 Å². The molecular formula is C53H87N7O15S. The van der Waals surface area contributed by atoms with Crippen molar-refractivity contribution in [2.24, 2.45) is 5.41 Å². The molecule has 0 spiro atoms. The second-order valence-electron chi connectivity index (χ2n) is 21.2. The van der Waals surface area contributed by atoms with E-state index in [0.29, 0.717) is 65.9 Å². The Morgan fingerprint density at radius 3 is 1.64 bits per heavy atom. The van der Waals surface area contributed by atoms with Crippen LogP contribution < -0.4 is 21.3 Å². The van der Waals surface area contributed by atoms with Crippen LogP contribution in [0.4, 0.5) is 9.59 Å². The molecular weight excluding hydrogens is 1010 g/mol. The topological polar surface area (TPSA) is 264 Å². The summed E-state index contributed by atoms with van der Waals surface area (Å²) in [5, 5.41) is 21.7. The first-order chi connectivity index (χ1) is 35.9. The molecule has 0 bridgehead atoms. The van der Waals surface area contributed by atoms with Crippen LogP contribution in [0, 0.1) is 12.3 Å². The van der Waals surface area contributed by atoms with Crippen LogP contribution >= 0.6 is 11.3 Å². The molecule has 23 heteroatoms. The summed E-state index contributed by atoms with van der Waals surface area (Å²) in [5.74, 6) is -1.52. The van der Waals surface area contributed by atoms with Crippen LogP contribution in [-0.2, 0) is 63.6 Å². The van der Waals surface area contributed by atoms with Gasteiger partial charge in [-0.3, -0.25) is 19.2 Å². The van der Waals surface area contributed by atoms with Crippen molar-refractivity contribution in [3.8, 4) is 10.4 Å². The first-order valence-electron chi connectivity index (χ1n) is 26.2. The number of hydrogen-bond donors (Lipinski definition) is 5. The van der Waals surface area contributed by atoms with Crippen LogP contribution in [-0.4, -0.2) is 197 Å². The number of thiazole rings is 1. The second kappa shape index (κ2) is 34.0. The fourth-order valence-electron chi connectivity index (χ4n) is 7.45. The first-order valence-corrected chi connectivity index (χ1v) is 27.0. The third kappa shape index (κ3) is 27.3. The number of rotatable bonds is 34. The van der Waals surface area contributed by atoms with Crippen molar-refractivity contribution < 1.29 is 71.8 Å². The highest BCUT2D eigenvalue weighted by molar-refractivity contribution is 7.13. The molecule has 2 heterocycles. The molecule has 1 saturated heterocycles. The zero-order chi connectivity index (χ0) is 56.2. The van der Waals surface area contributed by atoms with Gasteiger partial charge in [0.05, 0.1) is 101 Å². The van der Waals surface area contributed by atoms with Crippen LogP contribution in [0.2, 0.25) is 0 Å². The standard InChI is InChI=1S/C53H87N7O15S/c1-38-45(76-37-57-38)40-16-14-39(15-17-40)35-56-47(64)42-34-41(61)36-60(42)48(65)46(51(2,3)4)58-43(62)12-11-13-44(63)59(20-24-70-28-32-72-30-26-68-22-18-54-49(66)74-52(5,6)7)21-25-71-29-33-73-31-27-69-23-19-55-50(67)75-53(8,9)10/h14-17,37,41-42,46,61H,11-13,18-36H2,1-10H3,(H,54,66)(H,55,67)(H,56,64)(H,58,62)/t41-,42+,46-/m1/s1. The fourth-order valence-corrected chi connectivity index (χ4v) is 8.26. The van der Waals surface area contributed by atoms with E-state index in [9.17, 15) is 33.9 Å². The van der Waals surface area contributed by atoms with E-state index in [1.54, 1.807) is 63.3 Å². The van der Waals surface area contributed by atoms with Gasteiger partial charge in [-0.25, -0.2) is 14.6 Å². The summed E-state index contributed by atoms with van der Waals surface area (Å²) in [6.07, 6.45) is -1.67. The van der Waals surface area contributed by atoms with E-state index in [-0.39, 0.29) is 84.2 Å². The molecule has 2 aromatic rings. The van der Waals surface area contributed by atoms with Gasteiger partial charge in [-0.1, -0.05) is 45.0 Å². The van der Waals surface area contributed by atoms with E-state index in [2.05, 4.69) is 26.3 Å². The smallest absolute Gasteiger partial charge is 0.407 e. The summed E-state index contributed by atoms with van der Waals surface area (Å²) < 4.78 is 44.0. The van der Waals surface area contributed by atoms with Crippen LogP contribution in [0.3, 0.4) is 0 Å². The summed E-state index contributed by atoms with van der Waals surface area (Å²) in [7, 11) is 0. The van der Waals surface area contributed by atoms with Crippen molar-refractivity contribution in [2.75, 3.05) is 112 Å². The Labute approximate surface area is 453 Å². The molecule has 1 aromatic heterocycles. The van der Waals surface area contributed by atoms with Crippen LogP contribution in [0.5, 0.6) is 0 Å². The molecule has 22 nitrogen and oxygen atoms in total. The number of aliphatic hydroxyl groups excluding tert-OH is 1. The Morgan fingerprint density at radius 1 is 0.697 bits per heavy atom. The summed E-state index contributed by atoms with van der Waals surface area (Å²) >= 11 is 1.56. The molecule has 1 fully saturated rings. The Morgan fingerprint density at radius 2 is 1.18 bits per heavy atom. The molecule has 76 heavy (non-hydrogen) atoms. The monoisotopic (exact) mass is 1090 g/mol. The van der Waals surface area contributed by atoms with Gasteiger partial charge in [-0.2, -0.15) is 0 Å². The third-order valence-corrected chi connectivity index (χ3v) is 12.2. The van der Waals surface area contributed by atoms with Gasteiger partial charge in [-0.05, 0) is 71.4 Å². The minimum Gasteiger partial charge on any atom is -0.444 e. The number of alkyl carbamates (subject to hydrolysis) is 2. The predicted octanol–water partition coefficient (Wildman–Crippen LogP) is 4.38. The van der Waals surface area contributed by atoms with Crippen molar-refractivity contribution in [3.05, 3.63) is 41.0 Å². The van der Waals surface area contributed by atoms with E-state index in [1.807, 2.05) is 52.0 Å². The lowest BCUT2D eigenvalue weighted by Gasteiger charge is -2.35. The average molecular weight is 1090 g/mol. The number of benzene rings is 1. The van der Waals surface area contributed by atoms with Crippen LogP contribution in [0.15, 0.2) is 29.8 Å². The summed E-state index contributed by atoms with van der Waals surface area (Å²) in [6.45, 7) is 22.9. The number of aromatic nitrogens is 1. The Kier molecular flexibility index (Phi) is 29.2. The van der Waals surface area contributed by atoms with Gasteiger partial charge in [-0.15, -0.1) is 11.3 Å². The summed E-state index contributed by atoms with van der Waals surface area (Å²) in [6, 6.07) is 5.86. The normalized spacial score (nSPS) is 15.2. The number of aryl methyl sites for hydroxylation is 1. The Hall–Kier alpha value is -5.01. The number of carbonyl (C=O) groups is 6. The molecule has 6 amide bonds. The third-order valence-electron chi connectivity index (χ3n) is 11.2.